The predicted octanol–water partition coefficient (Wildman–Crippen LogP) is 15.4. The number of nitrogens with two attached hydrogens (primary N) is 1. The minimum absolute atomic E-state index is 0.0351. The van der Waals surface area contributed by atoms with Crippen molar-refractivity contribution in [1.82, 2.24) is 56.8 Å². The van der Waals surface area contributed by atoms with Gasteiger partial charge in [-0.3, -0.25) is 29.8 Å². The van der Waals surface area contributed by atoms with Gasteiger partial charge in [0.1, 0.15) is 28.7 Å². The number of nitrogens with one attached hydrogen (secondary N) is 7. The maximum atomic E-state index is 13.8. The molecule has 0 bridgehead atoms. The van der Waals surface area contributed by atoms with Gasteiger partial charge >= 0.3 is 30.3 Å². The minimum atomic E-state index is -0.889. The summed E-state index contributed by atoms with van der Waals surface area (Å²) in [7, 11) is 0. The summed E-state index contributed by atoms with van der Waals surface area (Å²) in [5, 5.41) is 54.3. The number of guanidine groups is 1. The van der Waals surface area contributed by atoms with E-state index < -0.39 is 59.1 Å². The van der Waals surface area contributed by atoms with Gasteiger partial charge in [0.05, 0.1) is 94.0 Å². The first-order chi connectivity index (χ1) is 62.6. The van der Waals surface area contributed by atoms with E-state index in [0.29, 0.717) is 121 Å². The third kappa shape index (κ3) is 58.0. The number of rotatable bonds is 25. The molecule has 3 aliphatic carbocycles. The summed E-state index contributed by atoms with van der Waals surface area (Å²) >= 11 is 13.8. The van der Waals surface area contributed by atoms with Gasteiger partial charge in [-0.2, -0.15) is 15.8 Å². The number of hydrogen-bond donors (Lipinski definition) is 8. The topological polar surface area (TPSA) is 433 Å². The molecule has 5 aliphatic heterocycles. The third-order valence-electron chi connectivity index (χ3n) is 23.0. The van der Waals surface area contributed by atoms with E-state index in [9.17, 15) is 54.1 Å². The Balaban J connectivity index is 0.000000573. The van der Waals surface area contributed by atoms with E-state index in [1.165, 1.54) is 51.9 Å². The molecule has 36 heteroatoms. The van der Waals surface area contributed by atoms with Crippen LogP contribution in [0.5, 0.6) is 0 Å². The van der Waals surface area contributed by atoms with Crippen LogP contribution < -0.4 is 43.0 Å². The fraction of sp³-hybridized carbons (Fsp3) is 0.845. The molecule has 9 N–H and O–H groups in total. The molecule has 0 aromatic rings. The zero-order chi connectivity index (χ0) is 99.8. The van der Waals surface area contributed by atoms with Crippen LogP contribution in [-0.4, -0.2) is 268 Å². The van der Waals surface area contributed by atoms with Crippen molar-refractivity contribution in [3.8, 4) is 18.2 Å². The number of amides is 7. The third-order valence-corrected chi connectivity index (χ3v) is 23.4. The van der Waals surface area contributed by atoms with Crippen molar-refractivity contribution >= 4 is 106 Å². The number of aliphatic imine (C=N–C) groups is 3. The second-order valence-electron chi connectivity index (χ2n) is 42.4. The molecular formula is C97H170N18O15S3. The fourth-order valence-corrected chi connectivity index (χ4v) is 16.1. The number of carbonyl (C=O) groups is 8. The molecule has 8 aliphatic rings. The molecule has 3 atom stereocenters. The smallest absolute Gasteiger partial charge is 0.442 e. The number of alkyl carbamates (subject to hydrolysis) is 2. The normalized spacial score (nSPS) is 19.2. The van der Waals surface area contributed by atoms with Crippen molar-refractivity contribution in [2.24, 2.45) is 65.5 Å². The minimum Gasteiger partial charge on any atom is -0.465 e. The van der Waals surface area contributed by atoms with E-state index in [2.05, 4.69) is 125 Å². The number of hydrogen-bond acceptors (Lipinski definition) is 27. The molecule has 0 aromatic heterocycles. The van der Waals surface area contributed by atoms with Gasteiger partial charge in [-0.25, -0.2) is 24.2 Å². The Morgan fingerprint density at radius 1 is 0.459 bits per heavy atom. The Bertz CT molecular complexity index is 3650. The molecule has 0 aromatic carbocycles. The molecule has 8 rings (SSSR count). The van der Waals surface area contributed by atoms with Crippen LogP contribution in [0.25, 0.3) is 0 Å². The van der Waals surface area contributed by atoms with Gasteiger partial charge in [0.2, 0.25) is 23.7 Å². The Labute approximate surface area is 813 Å². The number of morpholine rings is 2. The summed E-state index contributed by atoms with van der Waals surface area (Å²) in [6, 6.07) is 5.37. The maximum Gasteiger partial charge on any atom is 0.442 e. The number of carbonyl (C=O) groups excluding carboxylic acids is 8. The van der Waals surface area contributed by atoms with E-state index in [1.807, 2.05) is 119 Å². The zero-order valence-corrected chi connectivity index (χ0v) is 87.0. The standard InChI is InChI=1S/C29H50N6O4.C25H43N5O3S.C18H32N4O.2C7H11NO2S.C7H14O2.C4H9NO/c1-5-13-34-14-11-29(21-30,12-15-34)33-25(36)24(20-23-9-7-6-8-10-23)31-26(35-16-18-38-19-17-35)32-27(37)39-22-28(2,3)4;1-5-13-30-14-11-25(17-26,12-15-30)29-21(31)20(16-19-9-7-6-8-10-19)27-22(34)28-23(32)33-18-24(2,3)4;1-2-10-22-11-8-18(14-19,9-12-22)21-17(23)16(20)13-15-6-4-3-5-7-15;2*1-7(2,3)4-10-6(9)8-5-11;1-6(8)9-5-7(2,3)4;1-3-6-4-2-5-1/h23-24H,5-20,22H2,1-4H3,(H,33,36)(H,31,32,37);19-20H,5-16,18H2,1-4H3,(H,29,31)(H2,27,28,32,34);15-16H,2-13,20H2,1H3,(H,21,23);2*4H2,1-3H3;5H2,1-4H3;5H,1-4H2. The summed E-state index contributed by atoms with van der Waals surface area (Å²) in [5.74, 6) is 0.917. The molecule has 5 heterocycles. The maximum absolute atomic E-state index is 13.8. The molecule has 7 amide bonds. The molecule has 0 radical (unpaired) electrons. The number of nitrogens with zero attached hydrogens (tertiary/aromatic N) is 10. The Hall–Kier alpha value is -7.49. The predicted molar refractivity (Wildman–Crippen MR) is 531 cm³/mol. The quantitative estimate of drug-likeness (QED) is 0.0138. The largest absolute Gasteiger partial charge is 0.465 e. The fourth-order valence-electron chi connectivity index (χ4n) is 15.7. The lowest BCUT2D eigenvalue weighted by Gasteiger charge is -2.38. The molecule has 8 fully saturated rings. The summed E-state index contributed by atoms with van der Waals surface area (Å²) in [6.07, 6.45) is 24.1. The molecule has 756 valence electrons. The van der Waals surface area contributed by atoms with Gasteiger partial charge < -0.3 is 85.1 Å². The van der Waals surface area contributed by atoms with E-state index in [0.717, 1.165) is 162 Å². The lowest BCUT2D eigenvalue weighted by atomic mass is 9.84. The van der Waals surface area contributed by atoms with Crippen LogP contribution in [0.1, 0.15) is 305 Å². The lowest BCUT2D eigenvalue weighted by molar-refractivity contribution is -0.143. The SMILES string of the molecule is C1COCCN1.CC(=O)OCC(C)(C)C.CC(C)(C)COC(=O)N=C=S.CC(C)(C)COC(=O)N=C=S.CCCN1CCC(C#N)(NC(=O)C(CC2CCCCC2)N=C(NC(=O)OCC(C)(C)C)N2CCOCC2)CC1.CCCN1CCC(C#N)(NC(=O)C(CC2CCCCC2)NC(=S)NC(=O)OCC(C)(C)C)CC1.CCCN1CCC(C#N)(NC(=O)C(N)CC2CCCCC2)CC1. The van der Waals surface area contributed by atoms with Gasteiger partial charge in [0.25, 0.3) is 0 Å². The van der Waals surface area contributed by atoms with Gasteiger partial charge in [-0.1, -0.05) is 221 Å². The second kappa shape index (κ2) is 64.6. The summed E-state index contributed by atoms with van der Waals surface area (Å²) in [5.41, 5.74) is 3.34. The number of esters is 1. The van der Waals surface area contributed by atoms with Crippen LogP contribution in [0.15, 0.2) is 15.0 Å². The molecule has 0 spiro atoms. The van der Waals surface area contributed by atoms with Crippen molar-refractivity contribution in [3.63, 3.8) is 0 Å². The first kappa shape index (κ1) is 122. The van der Waals surface area contributed by atoms with Crippen molar-refractivity contribution in [3.05, 3.63) is 0 Å². The summed E-state index contributed by atoms with van der Waals surface area (Å²) in [4.78, 5) is 116. The van der Waals surface area contributed by atoms with Gasteiger partial charge in [0.15, 0.2) is 5.11 Å². The van der Waals surface area contributed by atoms with Crippen molar-refractivity contribution < 1.29 is 71.5 Å². The van der Waals surface area contributed by atoms with Crippen molar-refractivity contribution in [2.75, 3.05) is 145 Å². The first-order valence-corrected chi connectivity index (χ1v) is 49.9. The van der Waals surface area contributed by atoms with Crippen LogP contribution in [0.2, 0.25) is 0 Å². The van der Waals surface area contributed by atoms with Crippen molar-refractivity contribution in [1.29, 1.82) is 15.8 Å². The highest BCUT2D eigenvalue weighted by Gasteiger charge is 2.42. The molecular weight excluding hydrogens is 1750 g/mol. The molecule has 3 saturated carbocycles. The highest BCUT2D eigenvalue weighted by molar-refractivity contribution is 7.80. The van der Waals surface area contributed by atoms with Crippen LogP contribution >= 0.6 is 36.7 Å². The molecule has 33 nitrogen and oxygen atoms in total. The van der Waals surface area contributed by atoms with E-state index in [-0.39, 0.29) is 69.1 Å². The summed E-state index contributed by atoms with van der Waals surface area (Å²) < 4.78 is 35.4. The number of isothiocyanates is 2. The molecule has 5 saturated heterocycles. The Morgan fingerprint density at radius 3 is 1.11 bits per heavy atom. The first-order valence-electron chi connectivity index (χ1n) is 48.7. The van der Waals surface area contributed by atoms with Gasteiger partial charge in [-0.15, -0.1) is 9.98 Å². The van der Waals surface area contributed by atoms with E-state index in [1.54, 1.807) is 0 Å². The van der Waals surface area contributed by atoms with Gasteiger partial charge in [-0.05, 0) is 178 Å². The monoisotopic (exact) mass is 1920 g/mol. The number of nitriles is 3. The highest BCUT2D eigenvalue weighted by atomic mass is 32.1. The van der Waals surface area contributed by atoms with Gasteiger partial charge in [0, 0.05) is 72.4 Å². The number of ether oxygens (including phenoxy) is 7. The number of piperidine rings is 3. The number of thiocarbonyl (C=S) groups is 3. The summed E-state index contributed by atoms with van der Waals surface area (Å²) in [6.45, 7) is 53.3. The molecule has 3 unspecified atom stereocenters. The average molecular weight is 1920 g/mol. The van der Waals surface area contributed by atoms with E-state index in [4.69, 9.17) is 56.1 Å². The number of likely N-dealkylation sites (tertiary alicyclic amines) is 3. The lowest BCUT2D eigenvalue weighted by Crippen LogP contribution is -2.60. The van der Waals surface area contributed by atoms with E-state index >= 15 is 0 Å². The van der Waals surface area contributed by atoms with Crippen LogP contribution in [0.4, 0.5) is 19.2 Å². The molecule has 133 heavy (non-hydrogen) atoms. The zero-order valence-electron chi connectivity index (χ0n) is 84.5. The Kier molecular flexibility index (Phi) is 59.0. The second-order valence-corrected chi connectivity index (χ2v) is 43.1. The van der Waals surface area contributed by atoms with Crippen LogP contribution in [0.3, 0.4) is 0 Å². The van der Waals surface area contributed by atoms with Crippen LogP contribution in [-0.2, 0) is 52.3 Å². The average Bonchev–Trinajstić information content (AvgIpc) is 0.799. The van der Waals surface area contributed by atoms with Crippen molar-refractivity contribution in [2.45, 2.75) is 340 Å². The van der Waals surface area contributed by atoms with Crippen LogP contribution in [0, 0.1) is 78.8 Å². The highest BCUT2D eigenvalue weighted by Crippen LogP contribution is 2.33. The Morgan fingerprint density at radius 2 is 0.789 bits per heavy atom.